The van der Waals surface area contributed by atoms with Gasteiger partial charge in [0.05, 0.1) is 0 Å². The summed E-state index contributed by atoms with van der Waals surface area (Å²) in [5.41, 5.74) is 6.95. The highest BCUT2D eigenvalue weighted by Crippen LogP contribution is 2.37. The maximum Gasteiger partial charge on any atom is 0.335 e. The minimum absolute atomic E-state index is 0.457. The highest BCUT2D eigenvalue weighted by molar-refractivity contribution is 5.84. The molecule has 4 heteroatoms. The van der Waals surface area contributed by atoms with E-state index < -0.39 is 11.9 Å². The predicted molar refractivity (Wildman–Crippen MR) is 116 cm³/mol. The summed E-state index contributed by atoms with van der Waals surface area (Å²) in [6, 6.07) is 19.6. The highest BCUT2D eigenvalue weighted by Gasteiger charge is 2.18. The van der Waals surface area contributed by atoms with E-state index in [4.69, 9.17) is 9.47 Å². The van der Waals surface area contributed by atoms with Gasteiger partial charge in [0.15, 0.2) is 0 Å². The molecule has 4 nitrogen and oxygen atoms in total. The topological polar surface area (TPSA) is 52.6 Å². The molecule has 0 aliphatic heterocycles. The normalized spacial score (nSPS) is 11.6. The Bertz CT molecular complexity index is 1160. The first-order valence-corrected chi connectivity index (χ1v) is 9.62. The zero-order valence-corrected chi connectivity index (χ0v) is 16.4. The first kappa shape index (κ1) is 19.4. The Morgan fingerprint density at radius 2 is 1.17 bits per heavy atom. The number of hydrogen-bond donors (Lipinski definition) is 0. The van der Waals surface area contributed by atoms with Gasteiger partial charge in [0.1, 0.15) is 11.5 Å². The average Bonchev–Trinajstić information content (AvgIpc) is 2.78. The summed E-state index contributed by atoms with van der Waals surface area (Å²) in [5.74, 6) is 0.0955. The predicted octanol–water partition coefficient (Wildman–Crippen LogP) is 5.30. The molecule has 148 valence electrons. The van der Waals surface area contributed by atoms with Crippen LogP contribution in [0.5, 0.6) is 11.5 Å². The van der Waals surface area contributed by atoms with Gasteiger partial charge >= 0.3 is 11.9 Å². The Morgan fingerprint density at radius 3 is 1.80 bits per heavy atom. The van der Waals surface area contributed by atoms with Crippen LogP contribution in [-0.2, 0) is 22.4 Å². The summed E-state index contributed by atoms with van der Waals surface area (Å²) in [7, 11) is 0. The van der Waals surface area contributed by atoms with E-state index in [1.165, 1.54) is 11.1 Å². The molecule has 1 aliphatic carbocycles. The number of aryl methyl sites for hydroxylation is 2. The Labute approximate surface area is 175 Å². The van der Waals surface area contributed by atoms with E-state index in [0.717, 1.165) is 47.2 Å². The number of esters is 2. The standard InChI is InChI=1S/C26H20O4/c1-3-25(27)29-21-10-7-17(8-11-21)18-9-13-23-19(15-18)5-6-20-16-22(12-14-24(20)23)30-26(28)4-2/h3-4,7-16H,1-2,5-6H2. The summed E-state index contributed by atoms with van der Waals surface area (Å²) < 4.78 is 10.4. The van der Waals surface area contributed by atoms with Crippen molar-refractivity contribution in [2.24, 2.45) is 0 Å². The van der Waals surface area contributed by atoms with Crippen molar-refractivity contribution in [2.75, 3.05) is 0 Å². The molecule has 0 spiro atoms. The van der Waals surface area contributed by atoms with Crippen LogP contribution in [0.25, 0.3) is 22.3 Å². The molecular weight excluding hydrogens is 376 g/mol. The smallest absolute Gasteiger partial charge is 0.335 e. The van der Waals surface area contributed by atoms with Gasteiger partial charge in [-0.2, -0.15) is 0 Å². The Hall–Kier alpha value is -3.92. The largest absolute Gasteiger partial charge is 0.423 e. The molecule has 0 amide bonds. The van der Waals surface area contributed by atoms with Crippen LogP contribution in [0.3, 0.4) is 0 Å². The van der Waals surface area contributed by atoms with Crippen molar-refractivity contribution in [1.82, 2.24) is 0 Å². The van der Waals surface area contributed by atoms with E-state index >= 15 is 0 Å². The van der Waals surface area contributed by atoms with Gasteiger partial charge in [-0.25, -0.2) is 9.59 Å². The summed E-state index contributed by atoms with van der Waals surface area (Å²) in [6.45, 7) is 6.83. The Morgan fingerprint density at radius 1 is 0.667 bits per heavy atom. The number of fused-ring (bicyclic) bond motifs is 3. The molecule has 4 rings (SSSR count). The summed E-state index contributed by atoms with van der Waals surface area (Å²) >= 11 is 0. The lowest BCUT2D eigenvalue weighted by Gasteiger charge is -2.21. The van der Waals surface area contributed by atoms with Crippen molar-refractivity contribution in [1.29, 1.82) is 0 Å². The lowest BCUT2D eigenvalue weighted by molar-refractivity contribution is -0.129. The van der Waals surface area contributed by atoms with Crippen LogP contribution in [0, 0.1) is 0 Å². The third kappa shape index (κ3) is 3.94. The van der Waals surface area contributed by atoms with Crippen molar-refractivity contribution in [3.63, 3.8) is 0 Å². The molecule has 0 saturated heterocycles. The minimum atomic E-state index is -0.474. The van der Waals surface area contributed by atoms with E-state index in [-0.39, 0.29) is 0 Å². The van der Waals surface area contributed by atoms with Crippen LogP contribution in [0.1, 0.15) is 11.1 Å². The number of ether oxygens (including phenoxy) is 2. The van der Waals surface area contributed by atoms with Gasteiger partial charge in [-0.15, -0.1) is 0 Å². The monoisotopic (exact) mass is 396 g/mol. The SMILES string of the molecule is C=CC(=O)Oc1ccc(-c2ccc3c(c2)CCc2cc(OC(=O)C=C)ccc2-3)cc1. The molecule has 0 atom stereocenters. The van der Waals surface area contributed by atoms with E-state index in [0.29, 0.717) is 11.5 Å². The number of rotatable bonds is 5. The van der Waals surface area contributed by atoms with Gasteiger partial charge in [-0.1, -0.05) is 49.6 Å². The second kappa shape index (κ2) is 8.21. The number of benzene rings is 3. The average molecular weight is 396 g/mol. The van der Waals surface area contributed by atoms with Crippen molar-refractivity contribution in [2.45, 2.75) is 12.8 Å². The molecule has 3 aromatic rings. The first-order chi connectivity index (χ1) is 14.6. The van der Waals surface area contributed by atoms with Gasteiger partial charge in [-0.3, -0.25) is 0 Å². The second-order valence-corrected chi connectivity index (χ2v) is 6.97. The summed E-state index contributed by atoms with van der Waals surface area (Å²) in [6.07, 6.45) is 4.08. The molecule has 0 N–H and O–H groups in total. The quantitative estimate of drug-likeness (QED) is 0.334. The molecule has 0 aromatic heterocycles. The molecule has 0 unspecified atom stereocenters. The fraction of sp³-hybridized carbons (Fsp3) is 0.0769. The lowest BCUT2D eigenvalue weighted by Crippen LogP contribution is -2.07. The van der Waals surface area contributed by atoms with Gasteiger partial charge in [0, 0.05) is 12.2 Å². The molecule has 0 saturated carbocycles. The van der Waals surface area contributed by atoms with E-state index in [1.54, 1.807) is 12.1 Å². The molecular formula is C26H20O4. The van der Waals surface area contributed by atoms with Crippen molar-refractivity contribution >= 4 is 11.9 Å². The molecule has 30 heavy (non-hydrogen) atoms. The van der Waals surface area contributed by atoms with E-state index in [1.807, 2.05) is 30.3 Å². The Balaban J connectivity index is 1.59. The fourth-order valence-corrected chi connectivity index (χ4v) is 3.65. The van der Waals surface area contributed by atoms with E-state index in [9.17, 15) is 9.59 Å². The molecule has 0 bridgehead atoms. The number of carbonyl (C=O) groups excluding carboxylic acids is 2. The Kier molecular flexibility index (Phi) is 5.31. The second-order valence-electron chi connectivity index (χ2n) is 6.97. The maximum atomic E-state index is 11.4. The number of hydrogen-bond acceptors (Lipinski definition) is 4. The van der Waals surface area contributed by atoms with Crippen molar-refractivity contribution < 1.29 is 19.1 Å². The summed E-state index contributed by atoms with van der Waals surface area (Å²) in [5, 5.41) is 0. The van der Waals surface area contributed by atoms with Crippen LogP contribution in [0.15, 0.2) is 86.0 Å². The van der Waals surface area contributed by atoms with Gasteiger partial charge < -0.3 is 9.47 Å². The molecule has 0 fully saturated rings. The molecule has 0 radical (unpaired) electrons. The maximum absolute atomic E-state index is 11.4. The van der Waals surface area contributed by atoms with Crippen molar-refractivity contribution in [3.05, 3.63) is 97.1 Å². The zero-order valence-electron chi connectivity index (χ0n) is 16.4. The summed E-state index contributed by atoms with van der Waals surface area (Å²) in [4.78, 5) is 22.8. The number of carbonyl (C=O) groups is 2. The van der Waals surface area contributed by atoms with Crippen LogP contribution in [-0.4, -0.2) is 11.9 Å². The molecule has 3 aromatic carbocycles. The van der Waals surface area contributed by atoms with Gasteiger partial charge in [-0.05, 0) is 70.5 Å². The van der Waals surface area contributed by atoms with Crippen molar-refractivity contribution in [3.8, 4) is 33.8 Å². The van der Waals surface area contributed by atoms with Gasteiger partial charge in [0.25, 0.3) is 0 Å². The van der Waals surface area contributed by atoms with Gasteiger partial charge in [0.2, 0.25) is 0 Å². The van der Waals surface area contributed by atoms with Crippen LogP contribution in [0.4, 0.5) is 0 Å². The van der Waals surface area contributed by atoms with E-state index in [2.05, 4.69) is 31.4 Å². The van der Waals surface area contributed by atoms with Crippen LogP contribution in [0.2, 0.25) is 0 Å². The van der Waals surface area contributed by atoms with Crippen LogP contribution >= 0.6 is 0 Å². The fourth-order valence-electron chi connectivity index (χ4n) is 3.65. The first-order valence-electron chi connectivity index (χ1n) is 9.62. The highest BCUT2D eigenvalue weighted by atomic mass is 16.5. The lowest BCUT2D eigenvalue weighted by atomic mass is 9.84. The van der Waals surface area contributed by atoms with Crippen LogP contribution < -0.4 is 9.47 Å². The molecule has 0 heterocycles. The zero-order chi connectivity index (χ0) is 21.1. The molecule has 1 aliphatic rings. The third-order valence-corrected chi connectivity index (χ3v) is 5.09. The minimum Gasteiger partial charge on any atom is -0.423 e. The third-order valence-electron chi connectivity index (χ3n) is 5.09.